The van der Waals surface area contributed by atoms with Gasteiger partial charge < -0.3 is 36.5 Å². The highest BCUT2D eigenvalue weighted by atomic mass is 35.5. The third kappa shape index (κ3) is 4.28. The molecule has 1 aliphatic heterocycles. The smallest absolute Gasteiger partial charge is 0.358 e. The first-order valence-corrected chi connectivity index (χ1v) is 9.73. The minimum atomic E-state index is -5.04. The molecule has 0 bridgehead atoms. The van der Waals surface area contributed by atoms with Gasteiger partial charge in [0, 0.05) is 6.42 Å². The van der Waals surface area contributed by atoms with Gasteiger partial charge in [0.15, 0.2) is 0 Å². The van der Waals surface area contributed by atoms with Crippen LogP contribution < -0.4 is 17.7 Å². The van der Waals surface area contributed by atoms with Gasteiger partial charge in [-0.05, 0) is 26.3 Å². The molecule has 1 heterocycles. The summed E-state index contributed by atoms with van der Waals surface area (Å²) in [6, 6.07) is -0.212. The lowest BCUT2D eigenvalue weighted by Gasteiger charge is -2.45. The molecule has 1 aliphatic rings. The van der Waals surface area contributed by atoms with Crippen molar-refractivity contribution in [1.82, 2.24) is 5.32 Å². The molecule has 1 saturated heterocycles. The summed E-state index contributed by atoms with van der Waals surface area (Å²) in [7, 11) is -5.05. The largest absolute Gasteiger partial charge is 1.00 e. The Hall–Kier alpha value is 0.510. The molecule has 0 aliphatic carbocycles. The van der Waals surface area contributed by atoms with Crippen molar-refractivity contribution in [2.24, 2.45) is 0 Å². The lowest BCUT2D eigenvalue weighted by molar-refractivity contribution is -0.920. The molecule has 1 atom stereocenters. The number of nitrogens with one attached hydrogen (secondary N) is 1. The van der Waals surface area contributed by atoms with E-state index >= 15 is 0 Å². The maximum absolute atomic E-state index is 11.7. The van der Waals surface area contributed by atoms with E-state index in [4.69, 9.17) is 0 Å². The summed E-state index contributed by atoms with van der Waals surface area (Å²) < 4.78 is 24.0. The van der Waals surface area contributed by atoms with Crippen molar-refractivity contribution >= 4 is 15.2 Å². The van der Waals surface area contributed by atoms with Gasteiger partial charge in [-0.15, -0.1) is 0 Å². The Kier molecular flexibility index (Phi) is 7.12. The average Bonchev–Trinajstić information content (AvgIpc) is 2.23. The lowest BCUT2D eigenvalue weighted by atomic mass is 9.97. The van der Waals surface area contributed by atoms with E-state index in [-0.39, 0.29) is 24.9 Å². The molecule has 21 heavy (non-hydrogen) atoms. The molecule has 0 amide bonds. The number of piperidine rings is 1. The van der Waals surface area contributed by atoms with Gasteiger partial charge in [-0.1, -0.05) is 0 Å². The second kappa shape index (κ2) is 6.95. The molecule has 0 aromatic heterocycles. The highest BCUT2D eigenvalue weighted by Gasteiger charge is 2.61. The van der Waals surface area contributed by atoms with Crippen LogP contribution in [0.15, 0.2) is 0 Å². The topological polar surface area (TPSA) is 127 Å². The van der Waals surface area contributed by atoms with E-state index in [1.54, 1.807) is 0 Å². The van der Waals surface area contributed by atoms with E-state index in [1.165, 1.54) is 7.05 Å². The highest BCUT2D eigenvalue weighted by molar-refractivity contribution is 7.72. The van der Waals surface area contributed by atoms with Gasteiger partial charge >= 0.3 is 15.2 Å². The zero-order valence-electron chi connectivity index (χ0n) is 12.4. The molecule has 8 nitrogen and oxygen atoms in total. The number of rotatable bonds is 5. The van der Waals surface area contributed by atoms with Crippen LogP contribution in [0.5, 0.6) is 0 Å². The summed E-state index contributed by atoms with van der Waals surface area (Å²) in [5, 5.41) is -0.258. The predicted octanol–water partition coefficient (Wildman–Crippen LogP) is -2.76. The summed E-state index contributed by atoms with van der Waals surface area (Å²) in [6.07, 6.45) is 2.33. The fourth-order valence-corrected chi connectivity index (χ4v) is 5.75. The third-order valence-corrected chi connectivity index (χ3v) is 8.70. The van der Waals surface area contributed by atoms with Crippen LogP contribution in [-0.4, -0.2) is 62.8 Å². The van der Waals surface area contributed by atoms with Crippen LogP contribution in [0.4, 0.5) is 0 Å². The summed E-state index contributed by atoms with van der Waals surface area (Å²) in [6.45, 7) is 0.826. The molecule has 11 heteroatoms. The first-order valence-electron chi connectivity index (χ1n) is 6.50. The van der Waals surface area contributed by atoms with E-state index in [0.717, 1.165) is 19.4 Å². The fourth-order valence-electron chi connectivity index (χ4n) is 2.91. The number of hydrogen-bond acceptors (Lipinski definition) is 3. The highest BCUT2D eigenvalue weighted by Crippen LogP contribution is 2.69. The van der Waals surface area contributed by atoms with Gasteiger partial charge in [0.2, 0.25) is 5.02 Å². The number of quaternary nitrogens is 1. The minimum Gasteiger partial charge on any atom is -1.00 e. The van der Waals surface area contributed by atoms with Gasteiger partial charge in [0.05, 0.1) is 26.7 Å². The number of nitrogens with zero attached hydrogens (tertiary/aromatic N) is 1. The average molecular weight is 367 g/mol. The number of likely N-dealkylation sites (tertiary alicyclic amines) is 1. The van der Waals surface area contributed by atoms with Crippen LogP contribution in [0.3, 0.4) is 0 Å². The molecule has 1 fully saturated rings. The molecule has 0 aromatic rings. The van der Waals surface area contributed by atoms with Crippen LogP contribution in [0.1, 0.15) is 25.7 Å². The van der Waals surface area contributed by atoms with Crippen LogP contribution >= 0.6 is 15.2 Å². The van der Waals surface area contributed by atoms with Gasteiger partial charge in [-0.3, -0.25) is 14.4 Å². The Morgan fingerprint density at radius 1 is 1.14 bits per heavy atom. The van der Waals surface area contributed by atoms with Gasteiger partial charge in [-0.2, -0.15) is 0 Å². The van der Waals surface area contributed by atoms with Crippen molar-refractivity contribution in [3.8, 4) is 0 Å². The molecule has 1 rings (SSSR count). The zero-order valence-corrected chi connectivity index (χ0v) is 15.0. The van der Waals surface area contributed by atoms with Crippen molar-refractivity contribution in [3.05, 3.63) is 0 Å². The Morgan fingerprint density at radius 3 is 1.95 bits per heavy atom. The Balaban J connectivity index is 0.00000400. The fraction of sp³-hybridized carbons (Fsp3) is 1.00. The summed E-state index contributed by atoms with van der Waals surface area (Å²) in [5.41, 5.74) is 0. The van der Waals surface area contributed by atoms with Gasteiger partial charge in [0.1, 0.15) is 0 Å². The van der Waals surface area contributed by atoms with E-state index in [1.807, 2.05) is 14.1 Å². The van der Waals surface area contributed by atoms with Gasteiger partial charge in [-0.25, -0.2) is 0 Å². The standard InChI is InChI=1S/C10H24N2O6P2.ClH/c1-11-10(19(13,14)15,20(16,17)18)8-9-6-4-5-7-12(9,2)3;/h9,11H,4-8H2,1-3H3,(H3-,13,14,15,16,17,18);1H. The van der Waals surface area contributed by atoms with E-state index in [0.29, 0.717) is 10.9 Å². The normalized spacial score (nSPS) is 23.5. The van der Waals surface area contributed by atoms with Crippen LogP contribution in [0, 0.1) is 0 Å². The molecule has 1 unspecified atom stereocenters. The van der Waals surface area contributed by atoms with E-state index < -0.39 is 20.2 Å². The third-order valence-electron chi connectivity index (χ3n) is 4.39. The maximum Gasteiger partial charge on any atom is 0.358 e. The maximum atomic E-state index is 11.7. The minimum absolute atomic E-state index is 0. The molecule has 0 spiro atoms. The Labute approximate surface area is 131 Å². The summed E-state index contributed by atoms with van der Waals surface area (Å²) in [5.74, 6) is 0. The summed E-state index contributed by atoms with van der Waals surface area (Å²) in [4.78, 5) is 38.1. The van der Waals surface area contributed by atoms with Crippen molar-refractivity contribution in [1.29, 1.82) is 0 Å². The van der Waals surface area contributed by atoms with Crippen LogP contribution in [0.25, 0.3) is 0 Å². The molecule has 0 saturated carbocycles. The monoisotopic (exact) mass is 366 g/mol. The quantitative estimate of drug-likeness (QED) is 0.263. The number of hydrogen-bond donors (Lipinski definition) is 5. The molecule has 0 aromatic carbocycles. The molecule has 5 N–H and O–H groups in total. The molecular formula is C10H25ClN2O6P2. The molecular weight excluding hydrogens is 342 g/mol. The van der Waals surface area contributed by atoms with Crippen LogP contribution in [-0.2, 0) is 9.13 Å². The second-order valence-electron chi connectivity index (χ2n) is 6.01. The first-order chi connectivity index (χ1) is 8.87. The molecule has 0 radical (unpaired) electrons. The van der Waals surface area contributed by atoms with Crippen molar-refractivity contribution in [2.75, 3.05) is 27.7 Å². The number of halogens is 1. The van der Waals surface area contributed by atoms with Crippen molar-refractivity contribution in [3.63, 3.8) is 0 Å². The van der Waals surface area contributed by atoms with E-state index in [9.17, 15) is 28.7 Å². The zero-order chi connectivity index (χ0) is 15.8. The van der Waals surface area contributed by atoms with Crippen LogP contribution in [0.2, 0.25) is 0 Å². The first kappa shape index (κ1) is 21.5. The van der Waals surface area contributed by atoms with Gasteiger partial charge in [0.25, 0.3) is 0 Å². The Bertz CT molecular complexity index is 427. The van der Waals surface area contributed by atoms with E-state index in [2.05, 4.69) is 5.32 Å². The summed E-state index contributed by atoms with van der Waals surface area (Å²) >= 11 is 0. The predicted molar refractivity (Wildman–Crippen MR) is 75.1 cm³/mol. The molecule has 128 valence electrons. The Morgan fingerprint density at radius 2 is 1.62 bits per heavy atom. The van der Waals surface area contributed by atoms with Crippen molar-refractivity contribution in [2.45, 2.75) is 36.7 Å². The SMILES string of the molecule is CNC(CC1CCCC[N+]1(C)C)(P(=O)(O)O)P(=O)(O)O.[Cl-]. The lowest BCUT2D eigenvalue weighted by Crippen LogP contribution is -3.00. The van der Waals surface area contributed by atoms with Crippen molar-refractivity contribution < 1.29 is 45.6 Å². The second-order valence-corrected chi connectivity index (χ2v) is 10.1.